The third-order valence-corrected chi connectivity index (χ3v) is 8.97. The van der Waals surface area contributed by atoms with Crippen LogP contribution in [0.1, 0.15) is 78.1 Å². The molecule has 4 fully saturated rings. The van der Waals surface area contributed by atoms with Crippen LogP contribution in [0.3, 0.4) is 0 Å². The van der Waals surface area contributed by atoms with E-state index in [1.54, 1.807) is 5.57 Å². The first-order chi connectivity index (χ1) is 11.4. The van der Waals surface area contributed by atoms with E-state index in [1.807, 2.05) is 6.92 Å². The lowest BCUT2D eigenvalue weighted by Crippen LogP contribution is -2.59. The predicted molar refractivity (Wildman–Crippen MR) is 95.6 cm³/mol. The Morgan fingerprint density at radius 3 is 2.79 bits per heavy atom. The third kappa shape index (κ3) is 2.14. The minimum Gasteiger partial charge on any atom is -0.390 e. The van der Waals surface area contributed by atoms with E-state index in [0.717, 1.165) is 43.1 Å². The summed E-state index contributed by atoms with van der Waals surface area (Å²) in [4.78, 5) is 0. The number of allylic oxidation sites excluding steroid dienone is 1. The van der Waals surface area contributed by atoms with Gasteiger partial charge in [-0.1, -0.05) is 18.6 Å². The molecule has 1 aliphatic heterocycles. The summed E-state index contributed by atoms with van der Waals surface area (Å²) in [5.74, 6) is 3.40. The molecule has 7 atom stereocenters. The SMILES string of the molecule is CC12CC[C@](C)(O)CC1=CCC1[C@@H]3CCC4CCOC3(CC[C@@H]12)C4. The summed E-state index contributed by atoms with van der Waals surface area (Å²) >= 11 is 0. The zero-order valence-corrected chi connectivity index (χ0v) is 15.5. The second-order valence-electron chi connectivity index (χ2n) is 10.3. The summed E-state index contributed by atoms with van der Waals surface area (Å²) in [5.41, 5.74) is 1.69. The van der Waals surface area contributed by atoms with Crippen molar-refractivity contribution in [3.8, 4) is 0 Å². The van der Waals surface area contributed by atoms with Gasteiger partial charge in [-0.3, -0.25) is 0 Å². The van der Waals surface area contributed by atoms with Gasteiger partial charge in [0, 0.05) is 6.61 Å². The van der Waals surface area contributed by atoms with Gasteiger partial charge in [0.05, 0.1) is 11.2 Å². The molecule has 134 valence electrons. The summed E-state index contributed by atoms with van der Waals surface area (Å²) in [6.45, 7) is 5.57. The van der Waals surface area contributed by atoms with Crippen LogP contribution in [0, 0.1) is 29.1 Å². The topological polar surface area (TPSA) is 29.5 Å². The van der Waals surface area contributed by atoms with Crippen LogP contribution in [0.25, 0.3) is 0 Å². The molecule has 2 nitrogen and oxygen atoms in total. The lowest BCUT2D eigenvalue weighted by atomic mass is 9.46. The van der Waals surface area contributed by atoms with Crippen LogP contribution in [0.4, 0.5) is 0 Å². The summed E-state index contributed by atoms with van der Waals surface area (Å²) in [6, 6.07) is 0. The average molecular weight is 331 g/mol. The molecule has 2 heteroatoms. The van der Waals surface area contributed by atoms with Crippen LogP contribution in [0.2, 0.25) is 0 Å². The first-order valence-electron chi connectivity index (χ1n) is 10.5. The number of hydrogen-bond donors (Lipinski definition) is 1. The zero-order chi connectivity index (χ0) is 16.6. The van der Waals surface area contributed by atoms with Crippen LogP contribution in [-0.4, -0.2) is 22.9 Å². The molecule has 0 aromatic heterocycles. The van der Waals surface area contributed by atoms with Crippen molar-refractivity contribution in [1.82, 2.24) is 0 Å². The number of rotatable bonds is 0. The Labute approximate surface area is 147 Å². The lowest BCUT2D eigenvalue weighted by Gasteiger charge is -2.62. The molecular weight excluding hydrogens is 296 g/mol. The number of aliphatic hydroxyl groups is 1. The molecule has 24 heavy (non-hydrogen) atoms. The average Bonchev–Trinajstić information content (AvgIpc) is 2.54. The Balaban J connectivity index is 1.48. The molecule has 1 heterocycles. The highest BCUT2D eigenvalue weighted by molar-refractivity contribution is 5.26. The Bertz CT molecular complexity index is 564. The molecule has 4 aliphatic carbocycles. The first-order valence-corrected chi connectivity index (χ1v) is 10.5. The molecule has 0 radical (unpaired) electrons. The van der Waals surface area contributed by atoms with Gasteiger partial charge < -0.3 is 9.84 Å². The van der Waals surface area contributed by atoms with Crippen LogP contribution >= 0.6 is 0 Å². The molecule has 1 N–H and O–H groups in total. The molecule has 1 spiro atoms. The van der Waals surface area contributed by atoms with E-state index in [-0.39, 0.29) is 5.60 Å². The van der Waals surface area contributed by atoms with Crippen molar-refractivity contribution < 1.29 is 9.84 Å². The van der Waals surface area contributed by atoms with Gasteiger partial charge in [-0.15, -0.1) is 0 Å². The van der Waals surface area contributed by atoms with Gasteiger partial charge in [0.25, 0.3) is 0 Å². The fourth-order valence-corrected chi connectivity index (χ4v) is 7.64. The lowest BCUT2D eigenvalue weighted by molar-refractivity contribution is -0.207. The minimum atomic E-state index is -0.474. The van der Waals surface area contributed by atoms with Crippen molar-refractivity contribution in [3.05, 3.63) is 11.6 Å². The van der Waals surface area contributed by atoms with E-state index in [1.165, 1.54) is 51.4 Å². The Hall–Kier alpha value is -0.340. The van der Waals surface area contributed by atoms with Crippen LogP contribution in [-0.2, 0) is 4.74 Å². The Morgan fingerprint density at radius 1 is 1.04 bits per heavy atom. The normalized spacial score (nSPS) is 56.5. The molecule has 0 amide bonds. The fraction of sp³-hybridized carbons (Fsp3) is 0.909. The second kappa shape index (κ2) is 5.10. The summed E-state index contributed by atoms with van der Waals surface area (Å²) in [7, 11) is 0. The highest BCUT2D eigenvalue weighted by Crippen LogP contribution is 2.64. The monoisotopic (exact) mass is 330 g/mol. The number of hydrogen-bond acceptors (Lipinski definition) is 2. The molecule has 2 bridgehead atoms. The molecule has 1 saturated heterocycles. The van der Waals surface area contributed by atoms with Crippen LogP contribution < -0.4 is 0 Å². The second-order valence-corrected chi connectivity index (χ2v) is 10.3. The number of fused-ring (bicyclic) bond motifs is 5. The van der Waals surface area contributed by atoms with E-state index in [4.69, 9.17) is 4.74 Å². The Kier molecular flexibility index (Phi) is 3.37. The van der Waals surface area contributed by atoms with Crippen molar-refractivity contribution in [2.45, 2.75) is 89.3 Å². The van der Waals surface area contributed by atoms with Gasteiger partial charge in [0.2, 0.25) is 0 Å². The van der Waals surface area contributed by atoms with E-state index >= 15 is 0 Å². The third-order valence-electron chi connectivity index (χ3n) is 8.97. The molecule has 5 rings (SSSR count). The molecule has 5 aliphatic rings. The smallest absolute Gasteiger partial charge is 0.0716 e. The minimum absolute atomic E-state index is 0.240. The molecular formula is C22H34O2. The van der Waals surface area contributed by atoms with E-state index < -0.39 is 5.60 Å². The maximum absolute atomic E-state index is 10.6. The van der Waals surface area contributed by atoms with Crippen molar-refractivity contribution in [3.63, 3.8) is 0 Å². The number of ether oxygens (including phenoxy) is 1. The van der Waals surface area contributed by atoms with E-state index in [9.17, 15) is 5.11 Å². The Morgan fingerprint density at radius 2 is 1.92 bits per heavy atom. The van der Waals surface area contributed by atoms with Gasteiger partial charge in [0.1, 0.15) is 0 Å². The highest BCUT2D eigenvalue weighted by atomic mass is 16.5. The summed E-state index contributed by atoms with van der Waals surface area (Å²) < 4.78 is 6.53. The van der Waals surface area contributed by atoms with Crippen molar-refractivity contribution in [2.24, 2.45) is 29.1 Å². The summed E-state index contributed by atoms with van der Waals surface area (Å²) in [6.07, 6.45) is 15.0. The fourth-order valence-electron chi connectivity index (χ4n) is 7.64. The molecule has 3 saturated carbocycles. The van der Waals surface area contributed by atoms with Crippen molar-refractivity contribution in [1.29, 1.82) is 0 Å². The van der Waals surface area contributed by atoms with E-state index in [0.29, 0.717) is 5.41 Å². The predicted octanol–water partition coefficient (Wildman–Crippen LogP) is 4.86. The van der Waals surface area contributed by atoms with Crippen LogP contribution in [0.15, 0.2) is 11.6 Å². The van der Waals surface area contributed by atoms with E-state index in [2.05, 4.69) is 13.0 Å². The van der Waals surface area contributed by atoms with Gasteiger partial charge >= 0.3 is 0 Å². The maximum Gasteiger partial charge on any atom is 0.0716 e. The standard InChI is InChI=1S/C22H34O2/c1-20(23)10-11-21(2)16(14-20)4-5-17-18(21)7-9-22-13-15(8-12-24-22)3-6-19(17)22/h4,15,17-19,23H,3,5-14H2,1-2H3/t15?,17?,18-,19-,20-,21?,22?/m0/s1. The van der Waals surface area contributed by atoms with Gasteiger partial charge in [-0.05, 0) is 100 Å². The summed E-state index contributed by atoms with van der Waals surface area (Å²) in [5, 5.41) is 10.6. The largest absolute Gasteiger partial charge is 0.390 e. The molecule has 4 unspecified atom stereocenters. The van der Waals surface area contributed by atoms with Gasteiger partial charge in [-0.2, -0.15) is 0 Å². The van der Waals surface area contributed by atoms with Crippen LogP contribution in [0.5, 0.6) is 0 Å². The zero-order valence-electron chi connectivity index (χ0n) is 15.5. The molecule has 0 aromatic carbocycles. The van der Waals surface area contributed by atoms with Gasteiger partial charge in [0.15, 0.2) is 0 Å². The molecule has 0 aromatic rings. The maximum atomic E-state index is 10.6. The van der Waals surface area contributed by atoms with Crippen molar-refractivity contribution in [2.75, 3.05) is 6.61 Å². The quantitative estimate of drug-likeness (QED) is 0.643. The van der Waals surface area contributed by atoms with Gasteiger partial charge in [-0.25, -0.2) is 0 Å². The van der Waals surface area contributed by atoms with Crippen molar-refractivity contribution >= 4 is 0 Å². The highest BCUT2D eigenvalue weighted by Gasteiger charge is 2.59. The first kappa shape index (κ1) is 15.9.